The van der Waals surface area contributed by atoms with E-state index in [1.807, 2.05) is 0 Å². The van der Waals surface area contributed by atoms with Crippen LogP contribution in [0, 0.1) is 11.8 Å². The number of hydrogen-bond acceptors (Lipinski definition) is 6. The molecule has 0 saturated heterocycles. The molecule has 1 aromatic rings. The van der Waals surface area contributed by atoms with Crippen LogP contribution in [0.3, 0.4) is 0 Å². The van der Waals surface area contributed by atoms with E-state index in [0.29, 0.717) is 30.6 Å². The predicted octanol–water partition coefficient (Wildman–Crippen LogP) is 2.94. The van der Waals surface area contributed by atoms with Crippen molar-refractivity contribution in [3.63, 3.8) is 0 Å². The van der Waals surface area contributed by atoms with Crippen LogP contribution in [0.2, 0.25) is 0 Å². The highest BCUT2D eigenvalue weighted by Gasteiger charge is 2.25. The van der Waals surface area contributed by atoms with Crippen LogP contribution in [0.15, 0.2) is 0 Å². The van der Waals surface area contributed by atoms with Gasteiger partial charge in [-0.25, -0.2) is 0 Å². The van der Waals surface area contributed by atoms with Crippen LogP contribution in [-0.2, 0) is 0 Å². The third kappa shape index (κ3) is 4.44. The van der Waals surface area contributed by atoms with Gasteiger partial charge < -0.3 is 15.4 Å². The summed E-state index contributed by atoms with van der Waals surface area (Å²) < 4.78 is 5.52. The second kappa shape index (κ2) is 7.43. The highest BCUT2D eigenvalue weighted by molar-refractivity contribution is 5.36. The zero-order valence-corrected chi connectivity index (χ0v) is 13.5. The molecule has 1 heterocycles. The van der Waals surface area contributed by atoms with Gasteiger partial charge in [0, 0.05) is 13.1 Å². The first-order valence-electron chi connectivity index (χ1n) is 7.95. The molecule has 1 aromatic heterocycles. The minimum atomic E-state index is 0.385. The molecule has 6 nitrogen and oxygen atoms in total. The van der Waals surface area contributed by atoms with Crippen LogP contribution in [0.5, 0.6) is 6.01 Å². The van der Waals surface area contributed by atoms with E-state index in [1.165, 1.54) is 6.42 Å². The Hall–Kier alpha value is -1.59. The van der Waals surface area contributed by atoms with Gasteiger partial charge in [0.15, 0.2) is 0 Å². The predicted molar refractivity (Wildman–Crippen MR) is 84.7 cm³/mol. The van der Waals surface area contributed by atoms with E-state index in [-0.39, 0.29) is 0 Å². The molecule has 6 heteroatoms. The molecule has 3 unspecified atom stereocenters. The van der Waals surface area contributed by atoms with Crippen molar-refractivity contribution in [1.29, 1.82) is 0 Å². The molecule has 0 bridgehead atoms. The Morgan fingerprint density at radius 2 is 1.86 bits per heavy atom. The van der Waals surface area contributed by atoms with Crippen molar-refractivity contribution in [3.05, 3.63) is 0 Å². The number of rotatable bonds is 6. The third-order valence-corrected chi connectivity index (χ3v) is 4.21. The maximum absolute atomic E-state index is 5.52. The zero-order valence-electron chi connectivity index (χ0n) is 13.5. The summed E-state index contributed by atoms with van der Waals surface area (Å²) in [6.45, 7) is 7.33. The van der Waals surface area contributed by atoms with E-state index in [9.17, 15) is 0 Å². The molecule has 1 fully saturated rings. The van der Waals surface area contributed by atoms with Gasteiger partial charge in [-0.2, -0.15) is 15.0 Å². The average molecular weight is 293 g/mol. The molecule has 2 N–H and O–H groups in total. The Morgan fingerprint density at radius 1 is 1.10 bits per heavy atom. The number of hydrogen-bond donors (Lipinski definition) is 2. The summed E-state index contributed by atoms with van der Waals surface area (Å²) >= 11 is 0. The summed E-state index contributed by atoms with van der Waals surface area (Å²) in [5.74, 6) is 2.68. The van der Waals surface area contributed by atoms with Gasteiger partial charge in [-0.3, -0.25) is 0 Å². The molecule has 0 amide bonds. The average Bonchev–Trinajstić information content (AvgIpc) is 2.48. The van der Waals surface area contributed by atoms with Gasteiger partial charge in [-0.1, -0.05) is 20.8 Å². The Balaban J connectivity index is 2.04. The fourth-order valence-electron chi connectivity index (χ4n) is 2.65. The molecule has 0 spiro atoms. The molecule has 3 atom stereocenters. The molecular weight excluding hydrogens is 266 g/mol. The van der Waals surface area contributed by atoms with Crippen molar-refractivity contribution in [2.75, 3.05) is 24.3 Å². The summed E-state index contributed by atoms with van der Waals surface area (Å²) in [5.41, 5.74) is 0. The van der Waals surface area contributed by atoms with Crippen LogP contribution in [0.1, 0.15) is 46.5 Å². The Kier molecular flexibility index (Phi) is 5.59. The number of anilines is 2. The lowest BCUT2D eigenvalue weighted by atomic mass is 9.79. The van der Waals surface area contributed by atoms with Gasteiger partial charge in [0.2, 0.25) is 11.9 Å². The van der Waals surface area contributed by atoms with Crippen LogP contribution in [0.25, 0.3) is 0 Å². The molecule has 21 heavy (non-hydrogen) atoms. The van der Waals surface area contributed by atoms with Crippen molar-refractivity contribution in [1.82, 2.24) is 15.0 Å². The lowest BCUT2D eigenvalue weighted by Crippen LogP contribution is -2.31. The zero-order chi connectivity index (χ0) is 15.2. The van der Waals surface area contributed by atoms with Crippen molar-refractivity contribution in [2.45, 2.75) is 52.5 Å². The SMILES string of the molecule is CCCOc1nc(NC)nc(NC2CCC(C)C(C)C2)n1. The van der Waals surface area contributed by atoms with E-state index in [1.54, 1.807) is 7.05 Å². The number of aromatic nitrogens is 3. The molecule has 1 saturated carbocycles. The van der Waals surface area contributed by atoms with Gasteiger partial charge in [0.1, 0.15) is 0 Å². The van der Waals surface area contributed by atoms with Crippen LogP contribution < -0.4 is 15.4 Å². The normalized spacial score (nSPS) is 25.4. The van der Waals surface area contributed by atoms with Crippen LogP contribution in [-0.4, -0.2) is 34.6 Å². The van der Waals surface area contributed by atoms with E-state index in [0.717, 1.165) is 31.1 Å². The maximum atomic E-state index is 5.52. The molecule has 0 radical (unpaired) electrons. The van der Waals surface area contributed by atoms with E-state index in [2.05, 4.69) is 46.4 Å². The van der Waals surface area contributed by atoms with Crippen molar-refractivity contribution in [2.24, 2.45) is 11.8 Å². The topological polar surface area (TPSA) is 72.0 Å². The van der Waals surface area contributed by atoms with Gasteiger partial charge >= 0.3 is 6.01 Å². The second-order valence-electron chi connectivity index (χ2n) is 5.97. The van der Waals surface area contributed by atoms with Crippen LogP contribution >= 0.6 is 0 Å². The molecule has 2 rings (SSSR count). The minimum Gasteiger partial charge on any atom is -0.463 e. The second-order valence-corrected chi connectivity index (χ2v) is 5.97. The Bertz CT molecular complexity index is 454. The molecule has 118 valence electrons. The van der Waals surface area contributed by atoms with Crippen molar-refractivity contribution < 1.29 is 4.74 Å². The molecule has 0 aliphatic heterocycles. The summed E-state index contributed by atoms with van der Waals surface area (Å²) in [6, 6.07) is 0.818. The molecular formula is C15H27N5O. The smallest absolute Gasteiger partial charge is 0.323 e. The molecule has 1 aliphatic rings. The highest BCUT2D eigenvalue weighted by atomic mass is 16.5. The lowest BCUT2D eigenvalue weighted by Gasteiger charge is -2.32. The van der Waals surface area contributed by atoms with Crippen molar-refractivity contribution in [3.8, 4) is 6.01 Å². The minimum absolute atomic E-state index is 0.385. The number of nitrogens with one attached hydrogen (secondary N) is 2. The lowest BCUT2D eigenvalue weighted by molar-refractivity contribution is 0.259. The highest BCUT2D eigenvalue weighted by Crippen LogP contribution is 2.30. The van der Waals surface area contributed by atoms with Crippen molar-refractivity contribution >= 4 is 11.9 Å². The number of ether oxygens (including phenoxy) is 1. The summed E-state index contributed by atoms with van der Waals surface area (Å²) in [7, 11) is 1.80. The van der Waals surface area contributed by atoms with Gasteiger partial charge in [0.25, 0.3) is 0 Å². The van der Waals surface area contributed by atoms with Gasteiger partial charge in [-0.15, -0.1) is 0 Å². The van der Waals surface area contributed by atoms with Gasteiger partial charge in [-0.05, 0) is 37.5 Å². The first-order valence-corrected chi connectivity index (χ1v) is 7.95. The Labute approximate surface area is 127 Å². The fourth-order valence-corrected chi connectivity index (χ4v) is 2.65. The Morgan fingerprint density at radius 3 is 2.52 bits per heavy atom. The molecule has 0 aromatic carbocycles. The first kappa shape index (κ1) is 15.8. The first-order chi connectivity index (χ1) is 10.1. The quantitative estimate of drug-likeness (QED) is 0.840. The third-order valence-electron chi connectivity index (χ3n) is 4.21. The van der Waals surface area contributed by atoms with E-state index >= 15 is 0 Å². The maximum Gasteiger partial charge on any atom is 0.323 e. The largest absolute Gasteiger partial charge is 0.463 e. The van der Waals surface area contributed by atoms with Gasteiger partial charge in [0.05, 0.1) is 6.61 Å². The van der Waals surface area contributed by atoms with Crippen LogP contribution in [0.4, 0.5) is 11.9 Å². The number of nitrogens with zero attached hydrogens (tertiary/aromatic N) is 3. The summed E-state index contributed by atoms with van der Waals surface area (Å²) in [5, 5.41) is 6.40. The standard InChI is InChI=1S/C15H27N5O/c1-5-8-21-15-19-13(16-4)18-14(20-15)17-12-7-6-10(2)11(3)9-12/h10-12H,5-9H2,1-4H3,(H2,16,17,18,19,20). The van der Waals surface area contributed by atoms with E-state index < -0.39 is 0 Å². The summed E-state index contributed by atoms with van der Waals surface area (Å²) in [4.78, 5) is 12.9. The fraction of sp³-hybridized carbons (Fsp3) is 0.800. The monoisotopic (exact) mass is 293 g/mol. The van der Waals surface area contributed by atoms with E-state index in [4.69, 9.17) is 4.74 Å². The molecule has 1 aliphatic carbocycles. The summed E-state index contributed by atoms with van der Waals surface area (Å²) in [6.07, 6.45) is 4.51.